The van der Waals surface area contributed by atoms with E-state index in [-0.39, 0.29) is 5.91 Å². The number of nitrogens with two attached hydrogens (primary N) is 1. The molecule has 4 heteroatoms. The van der Waals surface area contributed by atoms with Crippen LogP contribution in [0, 0.1) is 0 Å². The number of amides is 1. The second-order valence-electron chi connectivity index (χ2n) is 2.37. The molecule has 0 aliphatic carbocycles. The van der Waals surface area contributed by atoms with E-state index in [1.807, 2.05) is 11.8 Å². The van der Waals surface area contributed by atoms with Gasteiger partial charge in [0.15, 0.2) is 0 Å². The lowest BCUT2D eigenvalue weighted by atomic mass is 10.3. The third-order valence-corrected chi connectivity index (χ3v) is 2.68. The summed E-state index contributed by atoms with van der Waals surface area (Å²) in [5.74, 6) is 0.902. The number of thioether (sulfide) groups is 1. The first-order chi connectivity index (χ1) is 4.79. The number of hydrogen-bond donors (Lipinski definition) is 2. The Hall–Kier alpha value is -0.220. The molecule has 0 spiro atoms. The fraction of sp³-hybridized carbons (Fsp3) is 0.833. The highest BCUT2D eigenvalue weighted by Gasteiger charge is 2.14. The minimum atomic E-state index is -0.193. The molecule has 1 aliphatic heterocycles. The molecule has 0 aromatic heterocycles. The third kappa shape index (κ3) is 2.58. The van der Waals surface area contributed by atoms with Crippen molar-refractivity contribution < 1.29 is 4.79 Å². The minimum Gasteiger partial charge on any atom is -0.370 e. The Morgan fingerprint density at radius 1 is 1.80 bits per heavy atom. The van der Waals surface area contributed by atoms with Gasteiger partial charge in [-0.05, 0) is 0 Å². The smallest absolute Gasteiger partial charge is 0.218 e. The van der Waals surface area contributed by atoms with E-state index in [1.54, 1.807) is 0 Å². The summed E-state index contributed by atoms with van der Waals surface area (Å²) in [6, 6.07) is 0. The van der Waals surface area contributed by atoms with Crippen LogP contribution in [0.4, 0.5) is 0 Å². The molecule has 1 rings (SSSR count). The Morgan fingerprint density at radius 2 is 2.60 bits per heavy atom. The van der Waals surface area contributed by atoms with Gasteiger partial charge in [-0.2, -0.15) is 11.8 Å². The van der Waals surface area contributed by atoms with Gasteiger partial charge in [0.1, 0.15) is 0 Å². The largest absolute Gasteiger partial charge is 0.370 e. The molecular formula is C6H12N2OS. The van der Waals surface area contributed by atoms with Gasteiger partial charge in [-0.1, -0.05) is 0 Å². The first-order valence-electron chi connectivity index (χ1n) is 3.39. The maximum Gasteiger partial charge on any atom is 0.218 e. The molecule has 0 aromatic rings. The molecule has 1 saturated heterocycles. The Labute approximate surface area is 64.7 Å². The number of rotatable bonds is 2. The maximum absolute atomic E-state index is 10.4. The zero-order chi connectivity index (χ0) is 7.40. The highest BCUT2D eigenvalue weighted by Crippen LogP contribution is 2.15. The molecule has 10 heavy (non-hydrogen) atoms. The van der Waals surface area contributed by atoms with Crippen molar-refractivity contribution in [3.05, 3.63) is 0 Å². The van der Waals surface area contributed by atoms with Crippen molar-refractivity contribution in [1.82, 2.24) is 5.32 Å². The monoisotopic (exact) mass is 160 g/mol. The number of nitrogens with one attached hydrogen (secondary N) is 1. The predicted molar refractivity (Wildman–Crippen MR) is 42.9 cm³/mol. The van der Waals surface area contributed by atoms with Crippen LogP contribution in [0.3, 0.4) is 0 Å². The molecule has 1 unspecified atom stereocenters. The van der Waals surface area contributed by atoms with Crippen molar-refractivity contribution in [2.24, 2.45) is 5.73 Å². The Bertz CT molecular complexity index is 123. The number of carbonyl (C=O) groups is 1. The lowest BCUT2D eigenvalue weighted by Crippen LogP contribution is -2.35. The normalized spacial score (nSPS) is 26.2. The van der Waals surface area contributed by atoms with Crippen LogP contribution in [0.15, 0.2) is 0 Å². The van der Waals surface area contributed by atoms with Crippen molar-refractivity contribution in [1.29, 1.82) is 0 Å². The second kappa shape index (κ2) is 3.83. The van der Waals surface area contributed by atoms with Crippen molar-refractivity contribution in [2.45, 2.75) is 11.7 Å². The Kier molecular flexibility index (Phi) is 3.02. The molecule has 1 fully saturated rings. The summed E-state index contributed by atoms with van der Waals surface area (Å²) in [6.07, 6.45) is 0.512. The van der Waals surface area contributed by atoms with E-state index in [0.29, 0.717) is 11.7 Å². The lowest BCUT2D eigenvalue weighted by Gasteiger charge is -2.20. The summed E-state index contributed by atoms with van der Waals surface area (Å²) in [4.78, 5) is 10.4. The van der Waals surface area contributed by atoms with Gasteiger partial charge in [0.05, 0.1) is 0 Å². The topological polar surface area (TPSA) is 55.1 Å². The average molecular weight is 160 g/mol. The highest BCUT2D eigenvalue weighted by molar-refractivity contribution is 8.00. The molecule has 0 bridgehead atoms. The highest BCUT2D eigenvalue weighted by atomic mass is 32.2. The van der Waals surface area contributed by atoms with Crippen LogP contribution in [-0.2, 0) is 4.79 Å². The van der Waals surface area contributed by atoms with Gasteiger partial charge in [-0.15, -0.1) is 0 Å². The first-order valence-corrected chi connectivity index (χ1v) is 4.44. The van der Waals surface area contributed by atoms with E-state index in [0.717, 1.165) is 18.8 Å². The molecule has 1 heterocycles. The van der Waals surface area contributed by atoms with Crippen LogP contribution in [0.1, 0.15) is 6.42 Å². The van der Waals surface area contributed by atoms with E-state index in [2.05, 4.69) is 5.32 Å². The van der Waals surface area contributed by atoms with E-state index in [1.165, 1.54) is 0 Å². The summed E-state index contributed by atoms with van der Waals surface area (Å²) >= 11 is 1.83. The van der Waals surface area contributed by atoms with Gasteiger partial charge in [-0.25, -0.2) is 0 Å². The van der Waals surface area contributed by atoms with Crippen LogP contribution in [0.2, 0.25) is 0 Å². The molecule has 0 saturated carbocycles. The minimum absolute atomic E-state index is 0.193. The van der Waals surface area contributed by atoms with Crippen LogP contribution in [0.25, 0.3) is 0 Å². The van der Waals surface area contributed by atoms with Crippen LogP contribution >= 0.6 is 11.8 Å². The van der Waals surface area contributed by atoms with Gasteiger partial charge >= 0.3 is 0 Å². The average Bonchev–Trinajstić information content (AvgIpc) is 1.88. The fourth-order valence-electron chi connectivity index (χ4n) is 0.975. The molecule has 1 atom stereocenters. The van der Waals surface area contributed by atoms with E-state index >= 15 is 0 Å². The molecular weight excluding hydrogens is 148 g/mol. The standard InChI is InChI=1S/C6H12N2OS/c7-6(9)3-5-4-8-1-2-10-5/h5,8H,1-4H2,(H2,7,9). The van der Waals surface area contributed by atoms with Crippen LogP contribution in [-0.4, -0.2) is 30.0 Å². The summed E-state index contributed by atoms with van der Waals surface area (Å²) in [5.41, 5.74) is 5.04. The van der Waals surface area contributed by atoms with Crippen molar-refractivity contribution in [3.63, 3.8) is 0 Å². The zero-order valence-corrected chi connectivity index (χ0v) is 6.62. The van der Waals surface area contributed by atoms with Gasteiger partial charge in [0.2, 0.25) is 5.91 Å². The Morgan fingerprint density at radius 3 is 3.10 bits per heavy atom. The van der Waals surface area contributed by atoms with Crippen LogP contribution in [0.5, 0.6) is 0 Å². The third-order valence-electron chi connectivity index (χ3n) is 1.43. The number of primary amides is 1. The molecule has 0 radical (unpaired) electrons. The van der Waals surface area contributed by atoms with Crippen LogP contribution < -0.4 is 11.1 Å². The van der Waals surface area contributed by atoms with E-state index in [4.69, 9.17) is 5.73 Å². The van der Waals surface area contributed by atoms with Gasteiger partial charge < -0.3 is 11.1 Å². The van der Waals surface area contributed by atoms with Crippen molar-refractivity contribution in [2.75, 3.05) is 18.8 Å². The predicted octanol–water partition coefficient (Wildman–Crippen LogP) is -0.433. The zero-order valence-electron chi connectivity index (χ0n) is 5.80. The molecule has 1 amide bonds. The fourth-order valence-corrected chi connectivity index (χ4v) is 2.09. The Balaban J connectivity index is 2.19. The second-order valence-corrected chi connectivity index (χ2v) is 3.78. The van der Waals surface area contributed by atoms with Crippen molar-refractivity contribution >= 4 is 17.7 Å². The molecule has 0 aromatic carbocycles. The van der Waals surface area contributed by atoms with Gasteiger partial charge in [0, 0.05) is 30.5 Å². The molecule has 58 valence electrons. The van der Waals surface area contributed by atoms with Gasteiger partial charge in [-0.3, -0.25) is 4.79 Å². The SMILES string of the molecule is NC(=O)CC1CNCCS1. The lowest BCUT2D eigenvalue weighted by molar-refractivity contribution is -0.117. The van der Waals surface area contributed by atoms with Crippen molar-refractivity contribution in [3.8, 4) is 0 Å². The van der Waals surface area contributed by atoms with Gasteiger partial charge in [0.25, 0.3) is 0 Å². The summed E-state index contributed by atoms with van der Waals surface area (Å²) < 4.78 is 0. The maximum atomic E-state index is 10.4. The van der Waals surface area contributed by atoms with E-state index in [9.17, 15) is 4.79 Å². The molecule has 1 aliphatic rings. The number of carbonyl (C=O) groups excluding carboxylic acids is 1. The van der Waals surface area contributed by atoms with E-state index < -0.39 is 0 Å². The quantitative estimate of drug-likeness (QED) is 0.576. The number of hydrogen-bond acceptors (Lipinski definition) is 3. The molecule has 3 N–H and O–H groups in total. The molecule has 3 nitrogen and oxygen atoms in total. The summed E-state index contributed by atoms with van der Waals surface area (Å²) in [5, 5.41) is 3.62. The summed E-state index contributed by atoms with van der Waals surface area (Å²) in [7, 11) is 0. The first kappa shape index (κ1) is 7.88. The summed E-state index contributed by atoms with van der Waals surface area (Å²) in [6.45, 7) is 1.98.